The van der Waals surface area contributed by atoms with Gasteiger partial charge in [0.1, 0.15) is 6.54 Å². The van der Waals surface area contributed by atoms with Crippen LogP contribution in [0.3, 0.4) is 0 Å². The van der Waals surface area contributed by atoms with Crippen LogP contribution in [0.25, 0.3) is 0 Å². The van der Waals surface area contributed by atoms with E-state index in [0.29, 0.717) is 11.5 Å². The van der Waals surface area contributed by atoms with Crippen LogP contribution in [0.4, 0.5) is 4.79 Å². The summed E-state index contributed by atoms with van der Waals surface area (Å²) in [6.07, 6.45) is 1.48. The fraction of sp³-hybridized carbons (Fsp3) is 0.182. The van der Waals surface area contributed by atoms with Crippen LogP contribution < -0.4 is 14.8 Å². The molecule has 0 saturated carbocycles. The van der Waals surface area contributed by atoms with E-state index < -0.39 is 6.03 Å². The summed E-state index contributed by atoms with van der Waals surface area (Å²) in [5, 5.41) is 7.15. The van der Waals surface area contributed by atoms with Crippen LogP contribution in [-0.4, -0.2) is 36.5 Å². The SMILES string of the molecule is O=C1CN(/N=C/c2cc3c(cc2Br)OCO3)C(=O)N1. The van der Waals surface area contributed by atoms with Crippen LogP contribution in [0.2, 0.25) is 0 Å². The van der Waals surface area contributed by atoms with E-state index in [1.165, 1.54) is 6.21 Å². The smallest absolute Gasteiger partial charge is 0.344 e. The Morgan fingerprint density at radius 1 is 1.32 bits per heavy atom. The highest BCUT2D eigenvalue weighted by atomic mass is 79.9. The highest BCUT2D eigenvalue weighted by molar-refractivity contribution is 9.10. The minimum atomic E-state index is -0.530. The zero-order valence-corrected chi connectivity index (χ0v) is 11.1. The van der Waals surface area contributed by atoms with Crippen LogP contribution in [0.5, 0.6) is 11.5 Å². The molecular weight excluding hydrogens is 318 g/mol. The first-order valence-electron chi connectivity index (χ1n) is 5.38. The third kappa shape index (κ3) is 2.26. The van der Waals surface area contributed by atoms with Gasteiger partial charge in [0.05, 0.1) is 6.21 Å². The highest BCUT2D eigenvalue weighted by Crippen LogP contribution is 2.36. The minimum Gasteiger partial charge on any atom is -0.454 e. The van der Waals surface area contributed by atoms with Gasteiger partial charge in [0.15, 0.2) is 11.5 Å². The molecular formula is C11H8BrN3O4. The molecule has 1 saturated heterocycles. The summed E-state index contributed by atoms with van der Waals surface area (Å²) in [5.41, 5.74) is 0.719. The number of nitrogens with one attached hydrogen (secondary N) is 1. The average molecular weight is 326 g/mol. The number of amides is 3. The van der Waals surface area contributed by atoms with E-state index >= 15 is 0 Å². The summed E-state index contributed by atoms with van der Waals surface area (Å²) in [6.45, 7) is 0.114. The number of benzene rings is 1. The third-order valence-corrected chi connectivity index (χ3v) is 3.29. The van der Waals surface area contributed by atoms with Gasteiger partial charge < -0.3 is 9.47 Å². The first-order chi connectivity index (χ1) is 9.13. The minimum absolute atomic E-state index is 0.0719. The number of hydrogen-bond donors (Lipinski definition) is 1. The van der Waals surface area contributed by atoms with Gasteiger partial charge in [0.25, 0.3) is 0 Å². The van der Waals surface area contributed by atoms with Crippen molar-refractivity contribution in [3.63, 3.8) is 0 Å². The second-order valence-electron chi connectivity index (χ2n) is 3.88. The summed E-state index contributed by atoms with van der Waals surface area (Å²) in [5.74, 6) is 0.900. The Hall–Kier alpha value is -2.09. The van der Waals surface area contributed by atoms with Gasteiger partial charge in [-0.1, -0.05) is 0 Å². The lowest BCUT2D eigenvalue weighted by atomic mass is 10.2. The molecule has 2 aliphatic heterocycles. The van der Waals surface area contributed by atoms with Crippen LogP contribution in [-0.2, 0) is 4.79 Å². The van der Waals surface area contributed by atoms with E-state index in [1.54, 1.807) is 12.1 Å². The second kappa shape index (κ2) is 4.54. The Morgan fingerprint density at radius 2 is 2.05 bits per heavy atom. The van der Waals surface area contributed by atoms with Crippen molar-refractivity contribution in [2.75, 3.05) is 13.3 Å². The van der Waals surface area contributed by atoms with Crippen molar-refractivity contribution in [1.29, 1.82) is 0 Å². The van der Waals surface area contributed by atoms with Gasteiger partial charge >= 0.3 is 6.03 Å². The molecule has 1 aromatic carbocycles. The molecule has 1 N–H and O–H groups in total. The first-order valence-corrected chi connectivity index (χ1v) is 6.17. The molecule has 0 spiro atoms. The van der Waals surface area contributed by atoms with E-state index in [2.05, 4.69) is 26.3 Å². The number of fused-ring (bicyclic) bond motifs is 1. The standard InChI is InChI=1S/C11H8BrN3O4/c12-7-2-9-8(18-5-19-9)1-6(7)3-13-15-4-10(16)14-11(15)17/h1-3H,4-5H2,(H,14,16,17)/b13-3+. The van der Waals surface area contributed by atoms with E-state index in [4.69, 9.17) is 9.47 Å². The molecule has 3 amide bonds. The van der Waals surface area contributed by atoms with Crippen molar-refractivity contribution in [1.82, 2.24) is 10.3 Å². The monoisotopic (exact) mass is 325 g/mol. The number of halogens is 1. The lowest BCUT2D eigenvalue weighted by molar-refractivity contribution is -0.118. The normalized spacial score (nSPS) is 17.4. The summed E-state index contributed by atoms with van der Waals surface area (Å²) < 4.78 is 11.2. The molecule has 1 fully saturated rings. The molecule has 7 nitrogen and oxygen atoms in total. The lowest BCUT2D eigenvalue weighted by Crippen LogP contribution is -2.24. The molecule has 3 rings (SSSR count). The summed E-state index contributed by atoms with van der Waals surface area (Å²) >= 11 is 3.37. The number of rotatable bonds is 2. The number of nitrogens with zero attached hydrogens (tertiary/aromatic N) is 2. The maximum atomic E-state index is 11.3. The fourth-order valence-electron chi connectivity index (χ4n) is 1.69. The lowest BCUT2D eigenvalue weighted by Gasteiger charge is -2.05. The quantitative estimate of drug-likeness (QED) is 0.651. The molecule has 98 valence electrons. The van der Waals surface area contributed by atoms with Crippen molar-refractivity contribution in [2.24, 2.45) is 5.10 Å². The number of carbonyl (C=O) groups excluding carboxylic acids is 2. The van der Waals surface area contributed by atoms with Gasteiger partial charge in [-0.05, 0) is 28.1 Å². The Labute approximate surface area is 116 Å². The Morgan fingerprint density at radius 3 is 2.74 bits per heavy atom. The molecule has 0 radical (unpaired) electrons. The summed E-state index contributed by atoms with van der Waals surface area (Å²) in [4.78, 5) is 22.3. The number of urea groups is 1. The third-order valence-electron chi connectivity index (χ3n) is 2.60. The van der Waals surface area contributed by atoms with Crippen LogP contribution >= 0.6 is 15.9 Å². The predicted molar refractivity (Wildman–Crippen MR) is 68.1 cm³/mol. The Balaban J connectivity index is 1.83. The van der Waals surface area contributed by atoms with Gasteiger partial charge in [-0.2, -0.15) is 5.10 Å². The van der Waals surface area contributed by atoms with Crippen molar-refractivity contribution in [2.45, 2.75) is 0 Å². The largest absolute Gasteiger partial charge is 0.454 e. The molecule has 0 aromatic heterocycles. The first kappa shape index (κ1) is 12.0. The van der Waals surface area contributed by atoms with E-state index in [-0.39, 0.29) is 19.2 Å². The molecule has 2 heterocycles. The Kier molecular flexibility index (Phi) is 2.86. The van der Waals surface area contributed by atoms with Gasteiger partial charge in [0.2, 0.25) is 12.7 Å². The van der Waals surface area contributed by atoms with Gasteiger partial charge in [-0.25, -0.2) is 9.80 Å². The predicted octanol–water partition coefficient (Wildman–Crippen LogP) is 1.06. The van der Waals surface area contributed by atoms with Crippen molar-refractivity contribution in [3.05, 3.63) is 22.2 Å². The van der Waals surface area contributed by atoms with Crippen LogP contribution in [0.15, 0.2) is 21.7 Å². The molecule has 1 aromatic rings. The molecule has 0 aliphatic carbocycles. The number of ether oxygens (including phenoxy) is 2. The summed E-state index contributed by atoms with van der Waals surface area (Å²) in [6, 6.07) is 2.98. The maximum absolute atomic E-state index is 11.3. The maximum Gasteiger partial charge on any atom is 0.344 e. The fourth-order valence-corrected chi connectivity index (χ4v) is 2.11. The number of carbonyl (C=O) groups is 2. The molecule has 0 unspecified atom stereocenters. The van der Waals surface area contributed by atoms with Crippen molar-refractivity contribution in [3.8, 4) is 11.5 Å². The van der Waals surface area contributed by atoms with Crippen molar-refractivity contribution < 1.29 is 19.1 Å². The van der Waals surface area contributed by atoms with Crippen molar-refractivity contribution >= 4 is 34.1 Å². The second-order valence-corrected chi connectivity index (χ2v) is 4.74. The average Bonchev–Trinajstić information content (AvgIpc) is 2.92. The van der Waals surface area contributed by atoms with Gasteiger partial charge in [-0.3, -0.25) is 10.1 Å². The summed E-state index contributed by atoms with van der Waals surface area (Å²) in [7, 11) is 0. The molecule has 19 heavy (non-hydrogen) atoms. The van der Waals surface area contributed by atoms with E-state index in [1.807, 2.05) is 0 Å². The zero-order chi connectivity index (χ0) is 13.4. The Bertz CT molecular complexity index is 602. The molecule has 8 heteroatoms. The van der Waals surface area contributed by atoms with Gasteiger partial charge in [0, 0.05) is 10.0 Å². The van der Waals surface area contributed by atoms with Gasteiger partial charge in [-0.15, -0.1) is 0 Å². The number of imide groups is 1. The van der Waals surface area contributed by atoms with Crippen LogP contribution in [0, 0.1) is 0 Å². The molecule has 0 bridgehead atoms. The zero-order valence-electron chi connectivity index (χ0n) is 9.55. The number of hydrogen-bond acceptors (Lipinski definition) is 5. The van der Waals surface area contributed by atoms with E-state index in [9.17, 15) is 9.59 Å². The highest BCUT2D eigenvalue weighted by Gasteiger charge is 2.26. The van der Waals surface area contributed by atoms with E-state index in [0.717, 1.165) is 15.0 Å². The topological polar surface area (TPSA) is 80.2 Å². The number of hydrazone groups is 1. The molecule has 2 aliphatic rings. The van der Waals surface area contributed by atoms with Crippen LogP contribution in [0.1, 0.15) is 5.56 Å². The molecule has 0 atom stereocenters.